The zero-order valence-corrected chi connectivity index (χ0v) is 12.4. The lowest BCUT2D eigenvalue weighted by atomic mass is 10.1. The molecule has 0 amide bonds. The number of aryl methyl sites for hydroxylation is 1. The molecule has 21 heavy (non-hydrogen) atoms. The second kappa shape index (κ2) is 5.22. The Morgan fingerprint density at radius 2 is 2.00 bits per heavy atom. The summed E-state index contributed by atoms with van der Waals surface area (Å²) < 4.78 is 4.78. The molecule has 0 aliphatic heterocycles. The Hall–Kier alpha value is -2.33. The van der Waals surface area contributed by atoms with Crippen LogP contribution in [0.25, 0.3) is 22.4 Å². The lowest BCUT2D eigenvalue weighted by Crippen LogP contribution is -2.01. The Bertz CT molecular complexity index is 839. The number of hydrogen-bond acceptors (Lipinski definition) is 3. The molecule has 1 N–H and O–H groups in total. The summed E-state index contributed by atoms with van der Waals surface area (Å²) in [6.07, 6.45) is 0. The van der Waals surface area contributed by atoms with Gasteiger partial charge in [-0.1, -0.05) is 29.8 Å². The first-order valence-electron chi connectivity index (χ1n) is 6.44. The van der Waals surface area contributed by atoms with Crippen LogP contribution in [-0.4, -0.2) is 23.0 Å². The maximum absolute atomic E-state index is 11.8. The number of hydrogen-bond donors (Lipinski definition) is 1. The zero-order chi connectivity index (χ0) is 15.0. The summed E-state index contributed by atoms with van der Waals surface area (Å²) >= 11 is 6.33. The maximum Gasteiger partial charge on any atom is 0.340 e. The summed E-state index contributed by atoms with van der Waals surface area (Å²) in [7, 11) is 1.35. The quantitative estimate of drug-likeness (QED) is 0.728. The highest BCUT2D eigenvalue weighted by molar-refractivity contribution is 6.34. The van der Waals surface area contributed by atoms with E-state index in [1.165, 1.54) is 7.11 Å². The minimum Gasteiger partial charge on any atom is -0.465 e. The van der Waals surface area contributed by atoms with Gasteiger partial charge in [0.15, 0.2) is 0 Å². The van der Waals surface area contributed by atoms with Gasteiger partial charge in [0.1, 0.15) is 11.3 Å². The Balaban J connectivity index is 2.22. The fraction of sp³-hybridized carbons (Fsp3) is 0.125. The third-order valence-electron chi connectivity index (χ3n) is 3.36. The van der Waals surface area contributed by atoms with Crippen LogP contribution in [0.2, 0.25) is 5.02 Å². The third-order valence-corrected chi connectivity index (χ3v) is 3.87. The van der Waals surface area contributed by atoms with Gasteiger partial charge in [0.2, 0.25) is 0 Å². The fourth-order valence-corrected chi connectivity index (χ4v) is 2.48. The minimum absolute atomic E-state index is 0.408. The highest BCUT2D eigenvalue weighted by Crippen LogP contribution is 2.30. The van der Waals surface area contributed by atoms with E-state index >= 15 is 0 Å². The molecule has 0 unspecified atom stereocenters. The van der Waals surface area contributed by atoms with E-state index < -0.39 is 5.97 Å². The number of methoxy groups -OCH3 is 1. The van der Waals surface area contributed by atoms with E-state index in [1.807, 2.05) is 31.2 Å². The molecule has 0 saturated carbocycles. The number of fused-ring (bicyclic) bond motifs is 1. The third kappa shape index (κ3) is 2.28. The van der Waals surface area contributed by atoms with Crippen LogP contribution in [0.4, 0.5) is 0 Å². The van der Waals surface area contributed by atoms with Crippen molar-refractivity contribution in [2.75, 3.05) is 7.11 Å². The van der Waals surface area contributed by atoms with Crippen LogP contribution in [0.5, 0.6) is 0 Å². The van der Waals surface area contributed by atoms with Gasteiger partial charge in [-0.15, -0.1) is 0 Å². The molecule has 0 fully saturated rings. The van der Waals surface area contributed by atoms with Crippen LogP contribution in [-0.2, 0) is 4.74 Å². The average molecular weight is 301 g/mol. The minimum atomic E-state index is -0.408. The van der Waals surface area contributed by atoms with Crippen molar-refractivity contribution >= 4 is 28.6 Å². The summed E-state index contributed by atoms with van der Waals surface area (Å²) in [6, 6.07) is 11.1. The van der Waals surface area contributed by atoms with Crippen molar-refractivity contribution in [3.05, 3.63) is 52.5 Å². The largest absolute Gasteiger partial charge is 0.465 e. The predicted molar refractivity (Wildman–Crippen MR) is 82.6 cm³/mol. The summed E-state index contributed by atoms with van der Waals surface area (Å²) in [6.45, 7) is 1.94. The molecule has 0 spiro atoms. The molecular formula is C16H13ClN2O2. The lowest BCUT2D eigenvalue weighted by Gasteiger charge is -2.03. The number of nitrogens with one attached hydrogen (secondary N) is 1. The molecular weight excluding hydrogens is 288 g/mol. The molecule has 0 atom stereocenters. The van der Waals surface area contributed by atoms with E-state index in [9.17, 15) is 4.79 Å². The number of esters is 1. The Morgan fingerprint density at radius 3 is 2.76 bits per heavy atom. The lowest BCUT2D eigenvalue weighted by molar-refractivity contribution is 0.0603. The number of aromatic amines is 1. The number of H-pyrrole nitrogens is 1. The second-order valence-electron chi connectivity index (χ2n) is 4.72. The van der Waals surface area contributed by atoms with E-state index in [0.717, 1.165) is 16.6 Å². The number of benzene rings is 2. The summed E-state index contributed by atoms with van der Waals surface area (Å²) in [4.78, 5) is 19.5. The van der Waals surface area contributed by atoms with Crippen molar-refractivity contribution in [3.8, 4) is 11.4 Å². The normalized spacial score (nSPS) is 10.8. The molecule has 0 radical (unpaired) electrons. The summed E-state index contributed by atoms with van der Waals surface area (Å²) in [5, 5.41) is 0.649. The zero-order valence-electron chi connectivity index (χ0n) is 11.6. The van der Waals surface area contributed by atoms with Gasteiger partial charge in [-0.25, -0.2) is 9.78 Å². The highest BCUT2D eigenvalue weighted by Gasteiger charge is 2.16. The van der Waals surface area contributed by atoms with Crippen molar-refractivity contribution in [2.45, 2.75) is 6.92 Å². The standard InChI is InChI=1S/C16H13ClN2O2/c1-9-5-3-6-10(13(9)17)15-18-12-8-4-7-11(14(12)19-15)16(20)21-2/h3-8H,1-2H3,(H,18,19). The number of carbonyl (C=O) groups excluding carboxylic acids is 1. The monoisotopic (exact) mass is 300 g/mol. The molecule has 1 aromatic heterocycles. The SMILES string of the molecule is COC(=O)c1cccc2[nH]c(-c3cccc(C)c3Cl)nc12. The fourth-order valence-electron chi connectivity index (χ4n) is 2.26. The van der Waals surface area contributed by atoms with Crippen molar-refractivity contribution in [3.63, 3.8) is 0 Å². The van der Waals surface area contributed by atoms with E-state index in [0.29, 0.717) is 21.9 Å². The van der Waals surface area contributed by atoms with Gasteiger partial charge in [-0.3, -0.25) is 0 Å². The summed E-state index contributed by atoms with van der Waals surface area (Å²) in [5.74, 6) is 0.226. The molecule has 4 nitrogen and oxygen atoms in total. The van der Waals surface area contributed by atoms with E-state index in [2.05, 4.69) is 9.97 Å². The van der Waals surface area contributed by atoms with E-state index in [-0.39, 0.29) is 0 Å². The molecule has 2 aromatic carbocycles. The van der Waals surface area contributed by atoms with Gasteiger partial charge < -0.3 is 9.72 Å². The molecule has 1 heterocycles. The first-order chi connectivity index (χ1) is 10.1. The maximum atomic E-state index is 11.8. The van der Waals surface area contributed by atoms with Gasteiger partial charge >= 0.3 is 5.97 Å². The first kappa shape index (κ1) is 13.6. The molecule has 0 aliphatic rings. The van der Waals surface area contributed by atoms with Gasteiger partial charge in [0.05, 0.1) is 23.2 Å². The molecule has 5 heteroatoms. The summed E-state index contributed by atoms with van der Waals surface area (Å²) in [5.41, 5.74) is 3.56. The smallest absolute Gasteiger partial charge is 0.340 e. The number of ether oxygens (including phenoxy) is 1. The van der Waals surface area contributed by atoms with E-state index in [4.69, 9.17) is 16.3 Å². The molecule has 3 rings (SSSR count). The van der Waals surface area contributed by atoms with Crippen LogP contribution in [0.1, 0.15) is 15.9 Å². The molecule has 0 bridgehead atoms. The number of nitrogens with zero attached hydrogens (tertiary/aromatic N) is 1. The van der Waals surface area contributed by atoms with Crippen LogP contribution >= 0.6 is 11.6 Å². The van der Waals surface area contributed by atoms with Crippen LogP contribution in [0.15, 0.2) is 36.4 Å². The highest BCUT2D eigenvalue weighted by atomic mass is 35.5. The molecule has 0 saturated heterocycles. The molecule has 3 aromatic rings. The van der Waals surface area contributed by atoms with Crippen LogP contribution in [0.3, 0.4) is 0 Å². The van der Waals surface area contributed by atoms with Gasteiger partial charge in [0.25, 0.3) is 0 Å². The second-order valence-corrected chi connectivity index (χ2v) is 5.09. The van der Waals surface area contributed by atoms with E-state index in [1.54, 1.807) is 12.1 Å². The Labute approximate surface area is 126 Å². The van der Waals surface area contributed by atoms with Crippen LogP contribution < -0.4 is 0 Å². The number of halogens is 1. The van der Waals surface area contributed by atoms with Gasteiger partial charge in [-0.2, -0.15) is 0 Å². The van der Waals surface area contributed by atoms with Crippen molar-refractivity contribution < 1.29 is 9.53 Å². The first-order valence-corrected chi connectivity index (χ1v) is 6.82. The Morgan fingerprint density at radius 1 is 1.24 bits per heavy atom. The van der Waals surface area contributed by atoms with Crippen molar-refractivity contribution in [1.29, 1.82) is 0 Å². The molecule has 106 valence electrons. The van der Waals surface area contributed by atoms with Gasteiger partial charge in [0, 0.05) is 5.56 Å². The van der Waals surface area contributed by atoms with Crippen LogP contribution in [0, 0.1) is 6.92 Å². The number of para-hydroxylation sites is 1. The number of carbonyl (C=O) groups is 1. The number of aromatic nitrogens is 2. The predicted octanol–water partition coefficient (Wildman–Crippen LogP) is 3.98. The Kier molecular flexibility index (Phi) is 3.39. The average Bonchev–Trinajstić information content (AvgIpc) is 2.92. The number of imidazole rings is 1. The van der Waals surface area contributed by atoms with Crippen molar-refractivity contribution in [2.24, 2.45) is 0 Å². The topological polar surface area (TPSA) is 55.0 Å². The molecule has 0 aliphatic carbocycles. The van der Waals surface area contributed by atoms with Crippen molar-refractivity contribution in [1.82, 2.24) is 9.97 Å². The number of rotatable bonds is 2. The van der Waals surface area contributed by atoms with Gasteiger partial charge in [-0.05, 0) is 30.7 Å².